The molecule has 2 aromatic rings. The number of esters is 1. The summed E-state index contributed by atoms with van der Waals surface area (Å²) in [7, 11) is -2.11. The molecule has 0 aliphatic rings. The molecule has 2 aromatic carbocycles. The van der Waals surface area contributed by atoms with Crippen molar-refractivity contribution in [3.8, 4) is 5.75 Å². The molecule has 0 aromatic heterocycles. The van der Waals surface area contributed by atoms with Crippen LogP contribution in [0, 0.1) is 13.8 Å². The summed E-state index contributed by atoms with van der Waals surface area (Å²) >= 11 is 0. The van der Waals surface area contributed by atoms with E-state index in [0.717, 1.165) is 11.1 Å². The van der Waals surface area contributed by atoms with E-state index in [9.17, 15) is 14.5 Å². The Morgan fingerprint density at radius 1 is 1.07 bits per heavy atom. The molecule has 146 valence electrons. The minimum Gasteiger partial charge on any atom is -0.508 e. The van der Waals surface area contributed by atoms with Gasteiger partial charge in [-0.1, -0.05) is 24.3 Å². The monoisotopic (exact) mass is 388 g/mol. The maximum absolute atomic E-state index is 12.1. The Kier molecular flexibility index (Phi) is 6.89. The van der Waals surface area contributed by atoms with Gasteiger partial charge in [0.05, 0.1) is 20.2 Å². The molecule has 0 saturated heterocycles. The molecule has 0 radical (unpaired) electrons. The molecule has 0 atom stereocenters. The molecule has 4 nitrogen and oxygen atoms in total. The van der Waals surface area contributed by atoms with Crippen LogP contribution in [0.15, 0.2) is 30.3 Å². The highest BCUT2D eigenvalue weighted by molar-refractivity contribution is 7.61. The number of benzene rings is 2. The molecule has 0 amide bonds. The maximum atomic E-state index is 12.1. The zero-order valence-corrected chi connectivity index (χ0v) is 17.7. The minimum atomic E-state index is -2.11. The van der Waals surface area contributed by atoms with Crippen LogP contribution in [0.5, 0.6) is 5.75 Å². The van der Waals surface area contributed by atoms with E-state index in [4.69, 9.17) is 4.74 Å². The number of rotatable bonds is 7. The lowest BCUT2D eigenvalue weighted by Crippen LogP contribution is -2.08. The SMILES string of the molecule is CCOC(=O)Cc1cc(Cc2c(C)cc(CP(C)(C)=O)cc2C)ccc1O. The second kappa shape index (κ2) is 8.75. The molecule has 0 unspecified atom stereocenters. The number of phenols is 1. The number of phenolic OH excluding ortho intramolecular Hbond substituents is 1. The molecule has 1 N–H and O–H groups in total. The third kappa shape index (κ3) is 6.25. The number of hydrogen-bond donors (Lipinski definition) is 1. The number of carbonyl (C=O) groups excluding carboxylic acids is 1. The third-order valence-corrected chi connectivity index (χ3v) is 5.61. The van der Waals surface area contributed by atoms with Crippen LogP contribution in [0.2, 0.25) is 0 Å². The van der Waals surface area contributed by atoms with E-state index in [2.05, 4.69) is 26.0 Å². The van der Waals surface area contributed by atoms with Crippen LogP contribution in [0.1, 0.15) is 40.3 Å². The summed E-state index contributed by atoms with van der Waals surface area (Å²) in [6.07, 6.45) is 1.38. The van der Waals surface area contributed by atoms with Crippen LogP contribution in [0.25, 0.3) is 0 Å². The molecule has 2 rings (SSSR count). The smallest absolute Gasteiger partial charge is 0.310 e. The molecule has 0 fully saturated rings. The van der Waals surface area contributed by atoms with E-state index in [1.807, 2.05) is 25.5 Å². The van der Waals surface area contributed by atoms with Gasteiger partial charge in [-0.05, 0) is 74.4 Å². The van der Waals surface area contributed by atoms with E-state index in [0.29, 0.717) is 24.8 Å². The first-order valence-corrected chi connectivity index (χ1v) is 12.0. The first-order valence-electron chi connectivity index (χ1n) is 9.18. The minimum absolute atomic E-state index is 0.0622. The van der Waals surface area contributed by atoms with Gasteiger partial charge in [0.15, 0.2) is 0 Å². The first-order chi connectivity index (χ1) is 12.6. The highest BCUT2D eigenvalue weighted by atomic mass is 31.2. The molecular formula is C22H29O4P. The molecule has 0 heterocycles. The molecule has 0 aliphatic heterocycles. The predicted molar refractivity (Wildman–Crippen MR) is 110 cm³/mol. The average molecular weight is 388 g/mol. The quantitative estimate of drug-likeness (QED) is 0.545. The molecule has 0 saturated carbocycles. The summed E-state index contributed by atoms with van der Waals surface area (Å²) in [5.41, 5.74) is 6.26. The van der Waals surface area contributed by atoms with Gasteiger partial charge < -0.3 is 14.4 Å². The Bertz CT molecular complexity index is 857. The van der Waals surface area contributed by atoms with Crippen molar-refractivity contribution >= 4 is 13.1 Å². The number of carbonyl (C=O) groups is 1. The van der Waals surface area contributed by atoms with Gasteiger partial charge in [-0.3, -0.25) is 4.79 Å². The van der Waals surface area contributed by atoms with Crippen molar-refractivity contribution in [1.82, 2.24) is 0 Å². The zero-order chi connectivity index (χ0) is 20.2. The lowest BCUT2D eigenvalue weighted by atomic mass is 9.93. The Morgan fingerprint density at radius 3 is 2.26 bits per heavy atom. The highest BCUT2D eigenvalue weighted by Gasteiger charge is 2.14. The highest BCUT2D eigenvalue weighted by Crippen LogP contribution is 2.41. The largest absolute Gasteiger partial charge is 0.508 e. The van der Waals surface area contributed by atoms with E-state index in [1.54, 1.807) is 13.0 Å². The van der Waals surface area contributed by atoms with Gasteiger partial charge in [0.25, 0.3) is 0 Å². The van der Waals surface area contributed by atoms with Crippen LogP contribution in [0.4, 0.5) is 0 Å². The Labute approximate surface area is 161 Å². The van der Waals surface area contributed by atoms with Crippen LogP contribution in [-0.4, -0.2) is 31.0 Å². The molecular weight excluding hydrogens is 359 g/mol. The molecule has 0 spiro atoms. The third-order valence-electron chi connectivity index (χ3n) is 4.48. The second-order valence-corrected chi connectivity index (χ2v) is 11.0. The van der Waals surface area contributed by atoms with Gasteiger partial charge in [0, 0.05) is 11.7 Å². The van der Waals surface area contributed by atoms with Crippen molar-refractivity contribution in [2.75, 3.05) is 19.9 Å². The van der Waals surface area contributed by atoms with Crippen molar-refractivity contribution in [3.63, 3.8) is 0 Å². The fraction of sp³-hybridized carbons (Fsp3) is 0.409. The van der Waals surface area contributed by atoms with Crippen molar-refractivity contribution in [1.29, 1.82) is 0 Å². The van der Waals surface area contributed by atoms with Crippen LogP contribution < -0.4 is 0 Å². The molecule has 27 heavy (non-hydrogen) atoms. The van der Waals surface area contributed by atoms with Crippen molar-refractivity contribution < 1.29 is 19.2 Å². The fourth-order valence-corrected chi connectivity index (χ4v) is 4.42. The topological polar surface area (TPSA) is 63.6 Å². The number of ether oxygens (including phenoxy) is 1. The summed E-state index contributed by atoms with van der Waals surface area (Å²) in [5.74, 6) is -0.234. The normalized spacial score (nSPS) is 11.4. The van der Waals surface area contributed by atoms with Crippen molar-refractivity contribution in [3.05, 3.63) is 63.7 Å². The summed E-state index contributed by atoms with van der Waals surface area (Å²) < 4.78 is 17.1. The lowest BCUT2D eigenvalue weighted by molar-refractivity contribution is -0.142. The van der Waals surface area contributed by atoms with E-state index in [-0.39, 0.29) is 18.1 Å². The van der Waals surface area contributed by atoms with Gasteiger partial charge >= 0.3 is 5.97 Å². The van der Waals surface area contributed by atoms with Crippen LogP contribution in [-0.2, 0) is 33.1 Å². The Balaban J connectivity index is 2.26. The number of aromatic hydroxyl groups is 1. The average Bonchev–Trinajstić information content (AvgIpc) is 2.52. The lowest BCUT2D eigenvalue weighted by Gasteiger charge is -2.15. The summed E-state index contributed by atoms with van der Waals surface area (Å²) in [4.78, 5) is 11.7. The van der Waals surface area contributed by atoms with E-state index < -0.39 is 7.14 Å². The van der Waals surface area contributed by atoms with Crippen molar-refractivity contribution in [2.24, 2.45) is 0 Å². The zero-order valence-electron chi connectivity index (χ0n) is 16.8. The van der Waals surface area contributed by atoms with Gasteiger partial charge in [0.2, 0.25) is 0 Å². The van der Waals surface area contributed by atoms with Gasteiger partial charge in [-0.2, -0.15) is 0 Å². The van der Waals surface area contributed by atoms with Gasteiger partial charge in [-0.15, -0.1) is 0 Å². The molecule has 5 heteroatoms. The van der Waals surface area contributed by atoms with Crippen LogP contribution >= 0.6 is 7.14 Å². The van der Waals surface area contributed by atoms with E-state index >= 15 is 0 Å². The van der Waals surface area contributed by atoms with Crippen molar-refractivity contribution in [2.45, 2.75) is 39.8 Å². The fourth-order valence-electron chi connectivity index (χ4n) is 3.35. The summed E-state index contributed by atoms with van der Waals surface area (Å²) in [5, 5.41) is 10.0. The Morgan fingerprint density at radius 2 is 1.70 bits per heavy atom. The Hall–Kier alpha value is -2.06. The summed E-state index contributed by atoms with van der Waals surface area (Å²) in [6, 6.07) is 9.60. The summed E-state index contributed by atoms with van der Waals surface area (Å²) in [6.45, 7) is 9.86. The predicted octanol–water partition coefficient (Wildman–Crippen LogP) is 4.83. The van der Waals surface area contributed by atoms with Gasteiger partial charge in [-0.25, -0.2) is 0 Å². The van der Waals surface area contributed by atoms with Crippen LogP contribution in [0.3, 0.4) is 0 Å². The number of hydrogen-bond acceptors (Lipinski definition) is 4. The van der Waals surface area contributed by atoms with Gasteiger partial charge in [0.1, 0.15) is 5.75 Å². The standard InChI is InChI=1S/C22H29O4P/c1-6-26-22(24)13-19-11-17(7-8-21(19)23)12-20-15(2)9-18(10-16(20)3)14-27(4,5)25/h7-11,23H,6,12-14H2,1-5H3. The second-order valence-electron chi connectivity index (χ2n) is 7.56. The maximum Gasteiger partial charge on any atom is 0.310 e. The molecule has 0 bridgehead atoms. The van der Waals surface area contributed by atoms with E-state index in [1.165, 1.54) is 16.7 Å². The first kappa shape index (κ1) is 21.2. The molecule has 0 aliphatic carbocycles. The number of aryl methyl sites for hydroxylation is 2.